The van der Waals surface area contributed by atoms with E-state index in [0.29, 0.717) is 37.8 Å². The standard InChI is InChI=1S/C40H46N2O9S/c1-20-17-28(49-35(46)21(20)2)22(3)25-18-32(48-23(4)43)39(47)26-19-33-40(51-33)31(12-11-30(44)38(40,6)24(26)13-15-37(25,39)5)50-34(45)14-16-41-36-42-27-9-7-8-10-29(27)52-36/h7-12,18,22,24,26,28,31-33,47H,13-17,19H2,1-6H3,(H,41,42)/t22-,24-,26+,28+,31-,32-,33+,37+,38-,39+,40+/m0/s1. The topological polar surface area (TPSA) is 154 Å². The summed E-state index contributed by atoms with van der Waals surface area (Å²) in [6.45, 7) is 11.3. The number of nitrogens with zero attached hydrogens (tertiary/aromatic N) is 1. The molecular formula is C40H46N2O9S. The fraction of sp³-hybridized carbons (Fsp3) is 0.575. The largest absolute Gasteiger partial charge is 0.458 e. The van der Waals surface area contributed by atoms with Crippen molar-refractivity contribution in [3.63, 3.8) is 0 Å². The predicted molar refractivity (Wildman–Crippen MR) is 192 cm³/mol. The number of carbonyl (C=O) groups excluding carboxylic acids is 4. The molecule has 4 aliphatic carbocycles. The van der Waals surface area contributed by atoms with Gasteiger partial charge in [-0.3, -0.25) is 14.4 Å². The number of esters is 3. The van der Waals surface area contributed by atoms with Crippen molar-refractivity contribution in [2.24, 2.45) is 28.6 Å². The number of hydrogen-bond acceptors (Lipinski definition) is 12. The maximum atomic E-state index is 14.1. The fourth-order valence-electron chi connectivity index (χ4n) is 10.7. The molecule has 1 aromatic carbocycles. The van der Waals surface area contributed by atoms with E-state index < -0.39 is 64.3 Å². The summed E-state index contributed by atoms with van der Waals surface area (Å²) >= 11 is 1.52. The molecule has 11 nitrogen and oxygen atoms in total. The summed E-state index contributed by atoms with van der Waals surface area (Å²) in [5, 5.41) is 17.1. The minimum Gasteiger partial charge on any atom is -0.458 e. The number of para-hydroxylation sites is 1. The molecule has 52 heavy (non-hydrogen) atoms. The van der Waals surface area contributed by atoms with Crippen LogP contribution in [-0.4, -0.2) is 75.9 Å². The summed E-state index contributed by atoms with van der Waals surface area (Å²) in [7, 11) is 0. The van der Waals surface area contributed by atoms with Gasteiger partial charge in [0.15, 0.2) is 17.0 Å². The summed E-state index contributed by atoms with van der Waals surface area (Å²) in [5.41, 5.74) is -1.20. The molecule has 0 unspecified atom stereocenters. The number of rotatable bonds is 8. The predicted octanol–water partition coefficient (Wildman–Crippen LogP) is 5.62. The van der Waals surface area contributed by atoms with Gasteiger partial charge in [-0.15, -0.1) is 0 Å². The normalized spacial score (nSPS) is 39.4. The van der Waals surface area contributed by atoms with Crippen molar-refractivity contribution in [3.05, 3.63) is 59.2 Å². The highest BCUT2D eigenvalue weighted by atomic mass is 32.1. The van der Waals surface area contributed by atoms with Crippen LogP contribution in [-0.2, 0) is 38.1 Å². The van der Waals surface area contributed by atoms with E-state index in [-0.39, 0.29) is 30.0 Å². The first-order valence-electron chi connectivity index (χ1n) is 18.3. The molecule has 3 heterocycles. The molecule has 2 aliphatic heterocycles. The lowest BCUT2D eigenvalue weighted by Gasteiger charge is -2.61. The van der Waals surface area contributed by atoms with Gasteiger partial charge in [-0.1, -0.05) is 48.5 Å². The number of ketones is 1. The molecule has 6 aliphatic rings. The molecular weight excluding hydrogens is 685 g/mol. The molecule has 2 aromatic rings. The zero-order valence-corrected chi connectivity index (χ0v) is 31.2. The number of aromatic nitrogens is 1. The van der Waals surface area contributed by atoms with Crippen LogP contribution in [0.1, 0.15) is 73.6 Å². The number of cyclic esters (lactones) is 1. The summed E-state index contributed by atoms with van der Waals surface area (Å²) in [5.74, 6) is -2.51. The van der Waals surface area contributed by atoms with Crippen molar-refractivity contribution in [2.75, 3.05) is 11.9 Å². The lowest BCUT2D eigenvalue weighted by atomic mass is 9.42. The van der Waals surface area contributed by atoms with Crippen molar-refractivity contribution in [2.45, 2.75) is 109 Å². The monoisotopic (exact) mass is 730 g/mol. The Balaban J connectivity index is 1.04. The first kappa shape index (κ1) is 35.2. The van der Waals surface area contributed by atoms with Gasteiger partial charge in [0.2, 0.25) is 0 Å². The molecule has 1 aromatic heterocycles. The van der Waals surface area contributed by atoms with Crippen molar-refractivity contribution < 1.29 is 43.2 Å². The van der Waals surface area contributed by atoms with Crippen LogP contribution in [0.4, 0.5) is 5.13 Å². The average molecular weight is 731 g/mol. The number of ether oxygens (including phenoxy) is 4. The summed E-state index contributed by atoms with van der Waals surface area (Å²) in [6, 6.07) is 7.84. The van der Waals surface area contributed by atoms with Crippen molar-refractivity contribution >= 4 is 50.4 Å². The van der Waals surface area contributed by atoms with Crippen LogP contribution < -0.4 is 5.32 Å². The van der Waals surface area contributed by atoms with Gasteiger partial charge in [0.05, 0.1) is 28.2 Å². The Morgan fingerprint density at radius 1 is 1.13 bits per heavy atom. The molecule has 1 spiro atoms. The molecule has 0 radical (unpaired) electrons. The SMILES string of the molecule is CC(=O)O[C@H]1C=C([C@H](C)[C@H]2CC(C)=C(C)C(=O)O2)[C@@]2(C)CC[C@H]3[C@@H](C[C@H]4O[C@]45[C@@H](OC(=O)CCNc4nc6ccccc6s4)C=CC(=O)[C@]35C)[C@@]12O. The Morgan fingerprint density at radius 2 is 1.90 bits per heavy atom. The number of hydrogen-bond donors (Lipinski definition) is 2. The van der Waals surface area contributed by atoms with E-state index in [0.717, 1.165) is 26.5 Å². The Kier molecular flexibility index (Phi) is 8.17. The minimum atomic E-state index is -1.56. The number of nitrogens with one attached hydrogen (secondary N) is 1. The second-order valence-corrected chi connectivity index (χ2v) is 17.1. The van der Waals surface area contributed by atoms with Crippen LogP contribution in [0, 0.1) is 28.6 Å². The summed E-state index contributed by atoms with van der Waals surface area (Å²) < 4.78 is 25.5. The lowest BCUT2D eigenvalue weighted by Crippen LogP contribution is -2.70. The van der Waals surface area contributed by atoms with Crippen LogP contribution in [0.25, 0.3) is 10.2 Å². The van der Waals surface area contributed by atoms with Gasteiger partial charge in [0.25, 0.3) is 0 Å². The molecule has 0 bridgehead atoms. The molecule has 12 heteroatoms. The highest BCUT2D eigenvalue weighted by Gasteiger charge is 2.83. The second kappa shape index (κ2) is 12.1. The Hall–Kier alpha value is -3.87. The number of carbonyl (C=O) groups is 4. The number of fused-ring (bicyclic) bond motifs is 5. The van der Waals surface area contributed by atoms with E-state index in [1.807, 2.05) is 58.0 Å². The second-order valence-electron chi connectivity index (χ2n) is 16.0. The van der Waals surface area contributed by atoms with Gasteiger partial charge in [-0.25, -0.2) is 9.78 Å². The Labute approximate surface area is 306 Å². The fourth-order valence-corrected chi connectivity index (χ4v) is 11.6. The smallest absolute Gasteiger partial charge is 0.333 e. The zero-order chi connectivity index (χ0) is 37.0. The third-order valence-electron chi connectivity index (χ3n) is 13.6. The number of anilines is 1. The third kappa shape index (κ3) is 4.85. The quantitative estimate of drug-likeness (QED) is 0.151. The maximum Gasteiger partial charge on any atom is 0.333 e. The van der Waals surface area contributed by atoms with Crippen LogP contribution in [0.5, 0.6) is 0 Å². The first-order valence-corrected chi connectivity index (χ1v) is 19.1. The van der Waals surface area contributed by atoms with E-state index in [9.17, 15) is 24.3 Å². The highest BCUT2D eigenvalue weighted by Crippen LogP contribution is 2.74. The molecule has 8 rings (SSSR count). The maximum absolute atomic E-state index is 14.1. The molecule has 2 saturated carbocycles. The average Bonchev–Trinajstić information content (AvgIpc) is 3.62. The minimum absolute atomic E-state index is 0.0950. The van der Waals surface area contributed by atoms with Crippen LogP contribution >= 0.6 is 11.3 Å². The molecule has 1 saturated heterocycles. The van der Waals surface area contributed by atoms with Gasteiger partial charge >= 0.3 is 17.9 Å². The summed E-state index contributed by atoms with van der Waals surface area (Å²) in [4.78, 5) is 57.2. The third-order valence-corrected chi connectivity index (χ3v) is 14.6. The number of benzene rings is 1. The first-order chi connectivity index (χ1) is 24.6. The van der Waals surface area contributed by atoms with Gasteiger partial charge in [-0.05, 0) is 82.2 Å². The molecule has 0 amide bonds. The Bertz CT molecular complexity index is 1950. The van der Waals surface area contributed by atoms with E-state index in [2.05, 4.69) is 10.3 Å². The van der Waals surface area contributed by atoms with Crippen molar-refractivity contribution in [1.29, 1.82) is 0 Å². The van der Waals surface area contributed by atoms with Gasteiger partial charge in [0, 0.05) is 36.8 Å². The zero-order valence-electron chi connectivity index (χ0n) is 30.4. The van der Waals surface area contributed by atoms with Crippen LogP contribution in [0.15, 0.2) is 59.2 Å². The van der Waals surface area contributed by atoms with Crippen LogP contribution in [0.2, 0.25) is 0 Å². The number of aliphatic hydroxyl groups is 1. The Morgan fingerprint density at radius 3 is 2.63 bits per heavy atom. The van der Waals surface area contributed by atoms with Gasteiger partial charge in [0.1, 0.15) is 23.4 Å². The summed E-state index contributed by atoms with van der Waals surface area (Å²) in [6.07, 6.45) is 4.52. The molecule has 3 fully saturated rings. The van der Waals surface area contributed by atoms with Crippen molar-refractivity contribution in [3.8, 4) is 0 Å². The number of allylic oxidation sites excluding steroid dienone is 1. The van der Waals surface area contributed by atoms with Gasteiger partial charge in [-0.2, -0.15) is 0 Å². The van der Waals surface area contributed by atoms with E-state index in [1.165, 1.54) is 24.3 Å². The van der Waals surface area contributed by atoms with E-state index in [1.54, 1.807) is 13.0 Å². The molecule has 2 N–H and O–H groups in total. The number of thiazole rings is 1. The van der Waals surface area contributed by atoms with Crippen LogP contribution in [0.3, 0.4) is 0 Å². The van der Waals surface area contributed by atoms with Gasteiger partial charge < -0.3 is 29.4 Å². The highest BCUT2D eigenvalue weighted by molar-refractivity contribution is 7.22. The number of epoxide rings is 1. The van der Waals surface area contributed by atoms with Crippen molar-refractivity contribution in [1.82, 2.24) is 4.98 Å². The lowest BCUT2D eigenvalue weighted by molar-refractivity contribution is -0.225. The molecule has 11 atom stereocenters. The van der Waals surface area contributed by atoms with E-state index >= 15 is 0 Å². The van der Waals surface area contributed by atoms with E-state index in [4.69, 9.17) is 18.9 Å². The molecule has 276 valence electrons.